The van der Waals surface area contributed by atoms with E-state index in [0.29, 0.717) is 37.8 Å². The molecule has 0 bridgehead atoms. The van der Waals surface area contributed by atoms with Gasteiger partial charge in [0.15, 0.2) is 5.78 Å². The number of nitrogens with zero attached hydrogens (tertiary/aromatic N) is 2. The van der Waals surface area contributed by atoms with Crippen LogP contribution in [0.25, 0.3) is 0 Å². The lowest BCUT2D eigenvalue weighted by atomic mass is 9.78. The summed E-state index contributed by atoms with van der Waals surface area (Å²) < 4.78 is 5.57. The van der Waals surface area contributed by atoms with E-state index in [9.17, 15) is 19.2 Å². The lowest BCUT2D eigenvalue weighted by molar-refractivity contribution is -0.167. The summed E-state index contributed by atoms with van der Waals surface area (Å²) in [6.07, 6.45) is 3.25. The van der Waals surface area contributed by atoms with Gasteiger partial charge in [0.25, 0.3) is 11.8 Å². The van der Waals surface area contributed by atoms with Crippen molar-refractivity contribution in [1.29, 1.82) is 0 Å². The predicted molar refractivity (Wildman–Crippen MR) is 140 cm³/mol. The first-order valence-corrected chi connectivity index (χ1v) is 13.5. The molecule has 3 aliphatic rings. The van der Waals surface area contributed by atoms with Crippen molar-refractivity contribution in [1.82, 2.24) is 15.1 Å². The van der Waals surface area contributed by atoms with Gasteiger partial charge >= 0.3 is 0 Å². The fourth-order valence-corrected chi connectivity index (χ4v) is 5.86. The monoisotopic (exact) mass is 511 g/mol. The van der Waals surface area contributed by atoms with Gasteiger partial charge in [-0.3, -0.25) is 19.2 Å². The van der Waals surface area contributed by atoms with E-state index in [0.717, 1.165) is 12.0 Å². The van der Waals surface area contributed by atoms with Crippen molar-refractivity contribution in [2.45, 2.75) is 95.9 Å². The summed E-state index contributed by atoms with van der Waals surface area (Å²) in [6.45, 7) is 10.7. The van der Waals surface area contributed by atoms with Crippen molar-refractivity contribution >= 4 is 23.5 Å². The van der Waals surface area contributed by atoms with Crippen LogP contribution >= 0.6 is 0 Å². The molecule has 2 heterocycles. The normalized spacial score (nSPS) is 23.6. The lowest BCUT2D eigenvalue weighted by Gasteiger charge is -2.42. The molecule has 3 amide bonds. The Balaban J connectivity index is 1.49. The average Bonchev–Trinajstić information content (AvgIpc) is 3.38. The number of amides is 3. The Morgan fingerprint density at radius 2 is 1.76 bits per heavy atom. The van der Waals surface area contributed by atoms with E-state index in [1.54, 1.807) is 29.0 Å². The molecule has 3 unspecified atom stereocenters. The first kappa shape index (κ1) is 27.3. The SMILES string of the molecule is COC1(C(=O)N2CC(=O)C3C2CCN3C(=O)C(CC(C)C)NC(=O)c2ccc(C(C)(C)C)cc2)CCC1. The van der Waals surface area contributed by atoms with Crippen molar-refractivity contribution < 1.29 is 23.9 Å². The van der Waals surface area contributed by atoms with Crippen LogP contribution in [0.4, 0.5) is 0 Å². The summed E-state index contributed by atoms with van der Waals surface area (Å²) in [5.41, 5.74) is 0.761. The number of nitrogens with one attached hydrogen (secondary N) is 1. The molecule has 3 atom stereocenters. The highest BCUT2D eigenvalue weighted by molar-refractivity contribution is 6.01. The second-order valence-electron chi connectivity index (χ2n) is 12.3. The standard InChI is InChI=1S/C29H41N3O5/c1-18(2)16-21(30-25(34)19-8-10-20(11-9-19)28(3,4)5)26(35)31-15-12-22-24(31)23(33)17-32(22)27(36)29(37-6)13-7-14-29/h8-11,18,21-22,24H,7,12-17H2,1-6H3,(H,30,34). The van der Waals surface area contributed by atoms with Crippen LogP contribution in [0, 0.1) is 5.92 Å². The molecule has 1 N–H and O–H groups in total. The first-order chi connectivity index (χ1) is 17.4. The Morgan fingerprint density at radius 3 is 2.27 bits per heavy atom. The van der Waals surface area contributed by atoms with Crippen molar-refractivity contribution in [3.63, 3.8) is 0 Å². The van der Waals surface area contributed by atoms with Gasteiger partial charge in [-0.15, -0.1) is 0 Å². The zero-order valence-electron chi connectivity index (χ0n) is 23.0. The molecular weight excluding hydrogens is 470 g/mol. The number of fused-ring (bicyclic) bond motifs is 1. The number of ketones is 1. The average molecular weight is 512 g/mol. The highest BCUT2D eigenvalue weighted by Crippen LogP contribution is 2.40. The maximum absolute atomic E-state index is 13.7. The van der Waals surface area contributed by atoms with Crippen molar-refractivity contribution in [3.05, 3.63) is 35.4 Å². The van der Waals surface area contributed by atoms with Gasteiger partial charge in [-0.05, 0) is 61.1 Å². The Labute approximate surface area is 220 Å². The summed E-state index contributed by atoms with van der Waals surface area (Å²) in [4.78, 5) is 56.5. The van der Waals surface area contributed by atoms with Gasteiger partial charge in [0.2, 0.25) is 5.91 Å². The number of carbonyl (C=O) groups is 4. The summed E-state index contributed by atoms with van der Waals surface area (Å²) in [6, 6.07) is 5.71. The maximum atomic E-state index is 13.7. The predicted octanol–water partition coefficient (Wildman–Crippen LogP) is 3.08. The molecule has 8 nitrogen and oxygen atoms in total. The minimum Gasteiger partial charge on any atom is -0.368 e. The Morgan fingerprint density at radius 1 is 1.11 bits per heavy atom. The summed E-state index contributed by atoms with van der Waals surface area (Å²) in [7, 11) is 1.55. The van der Waals surface area contributed by atoms with Crippen LogP contribution in [-0.4, -0.2) is 77.2 Å². The van der Waals surface area contributed by atoms with Gasteiger partial charge in [0.05, 0.1) is 12.6 Å². The number of benzene rings is 1. The third-order valence-corrected chi connectivity index (χ3v) is 8.23. The van der Waals surface area contributed by atoms with E-state index in [1.165, 1.54) is 0 Å². The quantitative estimate of drug-likeness (QED) is 0.607. The van der Waals surface area contributed by atoms with Gasteiger partial charge in [0.1, 0.15) is 17.7 Å². The second kappa shape index (κ2) is 10.2. The van der Waals surface area contributed by atoms with Gasteiger partial charge in [0, 0.05) is 19.2 Å². The number of hydrogen-bond acceptors (Lipinski definition) is 5. The van der Waals surface area contributed by atoms with Crippen LogP contribution in [0.1, 0.15) is 82.6 Å². The number of carbonyl (C=O) groups excluding carboxylic acids is 4. The summed E-state index contributed by atoms with van der Waals surface area (Å²) in [5, 5.41) is 2.94. The summed E-state index contributed by atoms with van der Waals surface area (Å²) in [5.74, 6) is -0.664. The minimum atomic E-state index is -0.830. The van der Waals surface area contributed by atoms with E-state index in [2.05, 4.69) is 26.1 Å². The lowest BCUT2D eigenvalue weighted by Crippen LogP contribution is -2.56. The number of ether oxygens (including phenoxy) is 1. The molecule has 37 heavy (non-hydrogen) atoms. The molecule has 202 valence electrons. The molecule has 8 heteroatoms. The van der Waals surface area contributed by atoms with Crippen molar-refractivity contribution in [3.8, 4) is 0 Å². The zero-order chi connectivity index (χ0) is 27.1. The Bertz CT molecular complexity index is 1050. The van der Waals surface area contributed by atoms with Gasteiger partial charge in [-0.1, -0.05) is 46.8 Å². The number of likely N-dealkylation sites (tertiary alicyclic amines) is 2. The number of methoxy groups -OCH3 is 1. The molecule has 4 rings (SSSR count). The molecule has 2 saturated heterocycles. The molecule has 1 aromatic carbocycles. The molecule has 0 aromatic heterocycles. The van der Waals surface area contributed by atoms with Crippen LogP contribution in [-0.2, 0) is 24.5 Å². The third-order valence-electron chi connectivity index (χ3n) is 8.23. The van der Waals surface area contributed by atoms with Crippen molar-refractivity contribution in [2.75, 3.05) is 20.2 Å². The molecule has 3 fully saturated rings. The highest BCUT2D eigenvalue weighted by atomic mass is 16.5. The Hall–Kier alpha value is -2.74. The fourth-order valence-electron chi connectivity index (χ4n) is 5.86. The molecule has 0 spiro atoms. The van der Waals surface area contributed by atoms with Gasteiger partial charge in [-0.25, -0.2) is 0 Å². The van der Waals surface area contributed by atoms with E-state index in [-0.39, 0.29) is 47.4 Å². The van der Waals surface area contributed by atoms with Gasteiger partial charge < -0.3 is 19.9 Å². The largest absolute Gasteiger partial charge is 0.368 e. The molecular formula is C29H41N3O5. The van der Waals surface area contributed by atoms with Crippen LogP contribution < -0.4 is 5.32 Å². The second-order valence-corrected chi connectivity index (χ2v) is 12.3. The maximum Gasteiger partial charge on any atom is 0.255 e. The first-order valence-electron chi connectivity index (χ1n) is 13.5. The van der Waals surface area contributed by atoms with Crippen LogP contribution in [0.3, 0.4) is 0 Å². The van der Waals surface area contributed by atoms with Crippen LogP contribution in [0.15, 0.2) is 24.3 Å². The fraction of sp³-hybridized carbons (Fsp3) is 0.655. The smallest absolute Gasteiger partial charge is 0.255 e. The molecule has 1 aromatic rings. The summed E-state index contributed by atoms with van der Waals surface area (Å²) >= 11 is 0. The molecule has 1 saturated carbocycles. The molecule has 0 radical (unpaired) electrons. The Kier molecular flexibility index (Phi) is 7.52. The molecule has 1 aliphatic carbocycles. The van der Waals surface area contributed by atoms with E-state index < -0.39 is 17.7 Å². The van der Waals surface area contributed by atoms with E-state index in [1.807, 2.05) is 26.0 Å². The molecule has 2 aliphatic heterocycles. The number of hydrogen-bond donors (Lipinski definition) is 1. The topological polar surface area (TPSA) is 96.0 Å². The van der Waals surface area contributed by atoms with E-state index >= 15 is 0 Å². The number of rotatable bonds is 7. The number of Topliss-reactive ketones (excluding diaryl/α,β-unsaturated/α-hetero) is 1. The van der Waals surface area contributed by atoms with Gasteiger partial charge in [-0.2, -0.15) is 0 Å². The third kappa shape index (κ3) is 5.17. The minimum absolute atomic E-state index is 0.00435. The highest BCUT2D eigenvalue weighted by Gasteiger charge is 2.56. The van der Waals surface area contributed by atoms with Crippen molar-refractivity contribution in [2.24, 2.45) is 5.92 Å². The van der Waals surface area contributed by atoms with E-state index in [4.69, 9.17) is 4.74 Å². The van der Waals surface area contributed by atoms with Crippen LogP contribution in [0.2, 0.25) is 0 Å². The zero-order valence-corrected chi connectivity index (χ0v) is 23.0. The van der Waals surface area contributed by atoms with Crippen LogP contribution in [0.5, 0.6) is 0 Å².